The first kappa shape index (κ1) is 10.4. The van der Waals surface area contributed by atoms with Gasteiger partial charge in [0, 0.05) is 6.54 Å². The molecule has 0 radical (unpaired) electrons. The molecule has 1 N–H and O–H groups in total. The summed E-state index contributed by atoms with van der Waals surface area (Å²) in [6.45, 7) is 5.03. The normalized spacial score (nSPS) is 11.5. The first-order valence-electron chi connectivity index (χ1n) is 4.96. The van der Waals surface area contributed by atoms with Crippen molar-refractivity contribution in [1.82, 2.24) is 9.55 Å². The number of hydrogen-bond acceptors (Lipinski definition) is 1. The fraction of sp³-hybridized carbons (Fsp3) is 0.364. The van der Waals surface area contributed by atoms with Gasteiger partial charge in [0.25, 0.3) is 0 Å². The molecule has 80 valence electrons. The number of rotatable bonds is 2. The second-order valence-electron chi connectivity index (χ2n) is 4.07. The summed E-state index contributed by atoms with van der Waals surface area (Å²) in [5, 5.41) is 0. The van der Waals surface area contributed by atoms with Crippen LogP contribution in [0.25, 0.3) is 11.0 Å². The van der Waals surface area contributed by atoms with Gasteiger partial charge < -0.3 is 9.55 Å². The summed E-state index contributed by atoms with van der Waals surface area (Å²) in [7, 11) is 0. The van der Waals surface area contributed by atoms with Crippen molar-refractivity contribution in [3.63, 3.8) is 0 Å². The van der Waals surface area contributed by atoms with Crippen LogP contribution in [0, 0.1) is 16.5 Å². The molecule has 2 nitrogen and oxygen atoms in total. The maximum absolute atomic E-state index is 13.4. The number of para-hydroxylation sites is 1. The molecule has 15 heavy (non-hydrogen) atoms. The minimum atomic E-state index is -0.249. The molecule has 0 saturated carbocycles. The first-order chi connectivity index (χ1) is 7.09. The van der Waals surface area contributed by atoms with Crippen LogP contribution in [0.1, 0.15) is 13.8 Å². The van der Waals surface area contributed by atoms with E-state index in [1.165, 1.54) is 6.07 Å². The van der Waals surface area contributed by atoms with Crippen LogP contribution in [0.3, 0.4) is 0 Å². The van der Waals surface area contributed by atoms with Gasteiger partial charge in [-0.3, -0.25) is 0 Å². The molecule has 0 atom stereocenters. The standard InChI is InChI=1S/C11H13FN2S/c1-7(2)6-14-9-5-3-4-8(12)10(9)13-11(14)15/h3-5,7H,6H2,1-2H3,(H,13,15). The van der Waals surface area contributed by atoms with E-state index >= 15 is 0 Å². The molecule has 0 aliphatic rings. The van der Waals surface area contributed by atoms with Crippen LogP contribution in [0.15, 0.2) is 18.2 Å². The average Bonchev–Trinajstić information content (AvgIpc) is 2.45. The summed E-state index contributed by atoms with van der Waals surface area (Å²) < 4.78 is 16.0. The first-order valence-corrected chi connectivity index (χ1v) is 5.37. The van der Waals surface area contributed by atoms with Gasteiger partial charge in [-0.1, -0.05) is 19.9 Å². The zero-order chi connectivity index (χ0) is 11.0. The fourth-order valence-electron chi connectivity index (χ4n) is 1.69. The summed E-state index contributed by atoms with van der Waals surface area (Å²) in [6.07, 6.45) is 0. The molecule has 1 heterocycles. The molecule has 0 spiro atoms. The SMILES string of the molecule is CC(C)Cn1c(=S)[nH]c2c(F)cccc21. The third-order valence-electron chi connectivity index (χ3n) is 2.31. The number of hydrogen-bond donors (Lipinski definition) is 1. The van der Waals surface area contributed by atoms with Crippen molar-refractivity contribution >= 4 is 23.3 Å². The third kappa shape index (κ3) is 1.81. The molecule has 1 aromatic carbocycles. The zero-order valence-electron chi connectivity index (χ0n) is 8.75. The number of nitrogens with zero attached hydrogens (tertiary/aromatic N) is 1. The lowest BCUT2D eigenvalue weighted by Gasteiger charge is -2.06. The van der Waals surface area contributed by atoms with E-state index in [2.05, 4.69) is 18.8 Å². The maximum Gasteiger partial charge on any atom is 0.178 e. The average molecular weight is 224 g/mol. The molecule has 0 unspecified atom stereocenters. The van der Waals surface area contributed by atoms with Crippen LogP contribution in [0.5, 0.6) is 0 Å². The van der Waals surface area contributed by atoms with Gasteiger partial charge in [0.15, 0.2) is 4.77 Å². The number of fused-ring (bicyclic) bond motifs is 1. The number of imidazole rings is 1. The van der Waals surface area contributed by atoms with Crippen LogP contribution in [-0.2, 0) is 6.54 Å². The molecule has 0 fully saturated rings. The van der Waals surface area contributed by atoms with Crippen molar-refractivity contribution in [2.45, 2.75) is 20.4 Å². The van der Waals surface area contributed by atoms with Crippen molar-refractivity contribution in [2.24, 2.45) is 5.92 Å². The Morgan fingerprint density at radius 3 is 2.87 bits per heavy atom. The van der Waals surface area contributed by atoms with E-state index in [0.29, 0.717) is 16.2 Å². The van der Waals surface area contributed by atoms with E-state index in [1.807, 2.05) is 10.6 Å². The Morgan fingerprint density at radius 2 is 2.20 bits per heavy atom. The van der Waals surface area contributed by atoms with Crippen molar-refractivity contribution < 1.29 is 4.39 Å². The Hall–Kier alpha value is -1.16. The summed E-state index contributed by atoms with van der Waals surface area (Å²) in [5.74, 6) is 0.236. The van der Waals surface area contributed by atoms with Gasteiger partial charge in [-0.05, 0) is 30.3 Å². The van der Waals surface area contributed by atoms with Crippen LogP contribution in [0.2, 0.25) is 0 Å². The highest BCUT2D eigenvalue weighted by Gasteiger charge is 2.08. The van der Waals surface area contributed by atoms with Crippen LogP contribution >= 0.6 is 12.2 Å². The van der Waals surface area contributed by atoms with E-state index < -0.39 is 0 Å². The van der Waals surface area contributed by atoms with Gasteiger partial charge in [-0.25, -0.2) is 4.39 Å². The van der Waals surface area contributed by atoms with Crippen molar-refractivity contribution in [1.29, 1.82) is 0 Å². The number of aromatic nitrogens is 2. The summed E-state index contributed by atoms with van der Waals surface area (Å²) in [4.78, 5) is 2.90. The van der Waals surface area contributed by atoms with Gasteiger partial charge in [0.2, 0.25) is 0 Å². The molecule has 2 rings (SSSR count). The summed E-state index contributed by atoms with van der Waals surface area (Å²) >= 11 is 5.17. The Kier molecular flexibility index (Phi) is 2.61. The Balaban J connectivity index is 2.69. The van der Waals surface area contributed by atoms with E-state index in [-0.39, 0.29) is 5.82 Å². The van der Waals surface area contributed by atoms with Crippen molar-refractivity contribution in [3.8, 4) is 0 Å². The number of halogens is 1. The second-order valence-corrected chi connectivity index (χ2v) is 4.46. The fourth-order valence-corrected chi connectivity index (χ4v) is 1.97. The zero-order valence-corrected chi connectivity index (χ0v) is 9.57. The predicted molar refractivity (Wildman–Crippen MR) is 61.9 cm³/mol. The minimum absolute atomic E-state index is 0.249. The number of aromatic amines is 1. The van der Waals surface area contributed by atoms with Crippen LogP contribution in [-0.4, -0.2) is 9.55 Å². The van der Waals surface area contributed by atoms with Crippen LogP contribution < -0.4 is 0 Å². The number of nitrogens with one attached hydrogen (secondary N) is 1. The van der Waals surface area contributed by atoms with Gasteiger partial charge in [-0.15, -0.1) is 0 Å². The highest BCUT2D eigenvalue weighted by atomic mass is 32.1. The van der Waals surface area contributed by atoms with Gasteiger partial charge in [-0.2, -0.15) is 0 Å². The van der Waals surface area contributed by atoms with Crippen molar-refractivity contribution in [3.05, 3.63) is 28.8 Å². The van der Waals surface area contributed by atoms with E-state index in [9.17, 15) is 4.39 Å². The highest BCUT2D eigenvalue weighted by Crippen LogP contribution is 2.18. The molecule has 0 bridgehead atoms. The van der Waals surface area contributed by atoms with Crippen molar-refractivity contribution in [2.75, 3.05) is 0 Å². The lowest BCUT2D eigenvalue weighted by molar-refractivity contribution is 0.529. The van der Waals surface area contributed by atoms with Gasteiger partial charge in [0.1, 0.15) is 11.3 Å². The Labute approximate surface area is 92.7 Å². The smallest absolute Gasteiger partial charge is 0.178 e. The number of benzene rings is 1. The topological polar surface area (TPSA) is 20.7 Å². The molecule has 0 aliphatic heterocycles. The molecule has 0 saturated heterocycles. The molecule has 0 amide bonds. The molecule has 0 aliphatic carbocycles. The predicted octanol–water partition coefficient (Wildman–Crippen LogP) is 3.49. The molecular formula is C11H13FN2S. The molecule has 1 aromatic heterocycles. The third-order valence-corrected chi connectivity index (χ3v) is 2.63. The maximum atomic E-state index is 13.4. The van der Waals surface area contributed by atoms with E-state index in [4.69, 9.17) is 12.2 Å². The Morgan fingerprint density at radius 1 is 1.47 bits per heavy atom. The summed E-state index contributed by atoms with van der Waals surface area (Å²) in [5.41, 5.74) is 1.34. The summed E-state index contributed by atoms with van der Waals surface area (Å²) in [6, 6.07) is 5.03. The molecule has 2 aromatic rings. The van der Waals surface area contributed by atoms with Gasteiger partial charge in [0.05, 0.1) is 5.52 Å². The highest BCUT2D eigenvalue weighted by molar-refractivity contribution is 7.71. The Bertz CT molecular complexity index is 539. The number of H-pyrrole nitrogens is 1. The van der Waals surface area contributed by atoms with Crippen LogP contribution in [0.4, 0.5) is 4.39 Å². The monoisotopic (exact) mass is 224 g/mol. The van der Waals surface area contributed by atoms with E-state index in [0.717, 1.165) is 12.1 Å². The lowest BCUT2D eigenvalue weighted by Crippen LogP contribution is -2.03. The van der Waals surface area contributed by atoms with E-state index in [1.54, 1.807) is 6.07 Å². The second kappa shape index (κ2) is 3.77. The largest absolute Gasteiger partial charge is 0.328 e. The van der Waals surface area contributed by atoms with Gasteiger partial charge >= 0.3 is 0 Å². The molecular weight excluding hydrogens is 211 g/mol. The minimum Gasteiger partial charge on any atom is -0.328 e. The molecule has 4 heteroatoms. The lowest BCUT2D eigenvalue weighted by atomic mass is 10.2. The quantitative estimate of drug-likeness (QED) is 0.774.